The highest BCUT2D eigenvalue weighted by atomic mass is 35.5. The maximum absolute atomic E-state index is 10.9. The van der Waals surface area contributed by atoms with Gasteiger partial charge in [-0.2, -0.15) is 0 Å². The van der Waals surface area contributed by atoms with Crippen LogP contribution in [0, 0.1) is 0 Å². The summed E-state index contributed by atoms with van der Waals surface area (Å²) in [6.07, 6.45) is 0. The van der Waals surface area contributed by atoms with Gasteiger partial charge in [-0.25, -0.2) is 0 Å². The molecule has 3 nitrogen and oxygen atoms in total. The maximum atomic E-state index is 10.9. The Morgan fingerprint density at radius 1 is 1.33 bits per heavy atom. The van der Waals surface area contributed by atoms with Gasteiger partial charge in [0.15, 0.2) is 5.75 Å². The Balaban J connectivity index is 3.27. The molecule has 1 aromatic rings. The summed E-state index contributed by atoms with van der Waals surface area (Å²) >= 11 is 17.7. The van der Waals surface area contributed by atoms with Gasteiger partial charge in [-0.05, 0) is 6.07 Å². The Hall–Kier alpha value is -0.640. The monoisotopic (exact) mass is 267 g/mol. The second kappa shape index (κ2) is 4.92. The fraction of sp³-hybridized carbons (Fsp3) is 0.222. The lowest BCUT2D eigenvalue weighted by Crippen LogP contribution is -2.06. The molecule has 0 atom stereocenters. The second-order valence-corrected chi connectivity index (χ2v) is 3.91. The molecule has 0 bridgehead atoms. The summed E-state index contributed by atoms with van der Waals surface area (Å²) in [7, 11) is 1.43. The van der Waals surface area contributed by atoms with E-state index in [0.717, 1.165) is 0 Å². The number of hydrogen-bond donors (Lipinski definition) is 1. The zero-order chi connectivity index (χ0) is 11.6. The lowest BCUT2D eigenvalue weighted by Gasteiger charge is -2.11. The summed E-state index contributed by atoms with van der Waals surface area (Å²) in [6, 6.07) is 1.48. The number of amides is 1. The molecule has 15 heavy (non-hydrogen) atoms. The smallest absolute Gasteiger partial charge is 0.221 e. The molecule has 0 unspecified atom stereocenters. The fourth-order valence-electron chi connectivity index (χ4n) is 1.05. The van der Waals surface area contributed by atoms with Crippen LogP contribution in [0.4, 0.5) is 5.69 Å². The molecule has 0 aliphatic carbocycles. The van der Waals surface area contributed by atoms with Crippen LogP contribution in [0.5, 0.6) is 5.75 Å². The first-order valence-electron chi connectivity index (χ1n) is 3.96. The van der Waals surface area contributed by atoms with Crippen molar-refractivity contribution in [3.8, 4) is 5.75 Å². The molecule has 6 heteroatoms. The summed E-state index contributed by atoms with van der Waals surface area (Å²) in [5, 5.41) is 3.18. The van der Waals surface area contributed by atoms with E-state index in [1.165, 1.54) is 20.1 Å². The first-order chi connectivity index (χ1) is 6.97. The quantitative estimate of drug-likeness (QED) is 0.832. The highest BCUT2D eigenvalue weighted by Gasteiger charge is 2.15. The molecule has 0 heterocycles. The van der Waals surface area contributed by atoms with Gasteiger partial charge in [0.05, 0.1) is 22.8 Å². The third kappa shape index (κ3) is 2.68. The van der Waals surface area contributed by atoms with E-state index in [0.29, 0.717) is 5.69 Å². The van der Waals surface area contributed by atoms with E-state index in [1.807, 2.05) is 0 Å². The van der Waals surface area contributed by atoms with E-state index in [2.05, 4.69) is 5.32 Å². The molecule has 1 N–H and O–H groups in total. The Labute approximate surface area is 102 Å². The van der Waals surface area contributed by atoms with Crippen LogP contribution in [-0.2, 0) is 4.79 Å². The number of carbonyl (C=O) groups excluding carboxylic acids is 1. The molecule has 0 saturated carbocycles. The van der Waals surface area contributed by atoms with Crippen molar-refractivity contribution in [3.63, 3.8) is 0 Å². The van der Waals surface area contributed by atoms with Crippen LogP contribution in [0.15, 0.2) is 6.07 Å². The van der Waals surface area contributed by atoms with Crippen molar-refractivity contribution in [3.05, 3.63) is 21.1 Å². The average Bonchev–Trinajstić information content (AvgIpc) is 2.14. The summed E-state index contributed by atoms with van der Waals surface area (Å²) in [5.74, 6) is 0.0339. The predicted octanol–water partition coefficient (Wildman–Crippen LogP) is 3.61. The van der Waals surface area contributed by atoms with Crippen LogP contribution in [-0.4, -0.2) is 13.0 Å². The number of benzene rings is 1. The van der Waals surface area contributed by atoms with Crippen molar-refractivity contribution in [2.75, 3.05) is 12.4 Å². The Morgan fingerprint density at radius 2 is 1.93 bits per heavy atom. The molecule has 1 aromatic carbocycles. The van der Waals surface area contributed by atoms with Crippen molar-refractivity contribution in [2.24, 2.45) is 0 Å². The van der Waals surface area contributed by atoms with E-state index in [4.69, 9.17) is 39.5 Å². The highest BCUT2D eigenvalue weighted by Crippen LogP contribution is 2.42. The number of anilines is 1. The number of rotatable bonds is 2. The standard InChI is InChI=1S/C9H8Cl3NO2/c1-4(14)13-6-3-5(10)9(15-2)8(12)7(6)11/h3H,1-2H3,(H,13,14). The summed E-state index contributed by atoms with van der Waals surface area (Å²) < 4.78 is 4.96. The minimum atomic E-state index is -0.255. The summed E-state index contributed by atoms with van der Waals surface area (Å²) in [6.45, 7) is 1.36. The van der Waals surface area contributed by atoms with Gasteiger partial charge in [0.25, 0.3) is 0 Å². The first-order valence-corrected chi connectivity index (χ1v) is 5.09. The number of methoxy groups -OCH3 is 1. The SMILES string of the molecule is COc1c(Cl)cc(NC(C)=O)c(Cl)c1Cl. The van der Waals surface area contributed by atoms with Crippen molar-refractivity contribution >= 4 is 46.4 Å². The van der Waals surface area contributed by atoms with Crippen LogP contribution in [0.3, 0.4) is 0 Å². The number of carbonyl (C=O) groups is 1. The Bertz CT molecular complexity index is 407. The van der Waals surface area contributed by atoms with Gasteiger partial charge in [0.1, 0.15) is 5.02 Å². The molecule has 0 aromatic heterocycles. The van der Waals surface area contributed by atoms with Crippen LogP contribution < -0.4 is 10.1 Å². The average molecular weight is 269 g/mol. The van der Waals surface area contributed by atoms with Crippen LogP contribution in [0.2, 0.25) is 15.1 Å². The largest absolute Gasteiger partial charge is 0.494 e. The third-order valence-electron chi connectivity index (χ3n) is 1.63. The first kappa shape index (κ1) is 12.4. The van der Waals surface area contributed by atoms with Crippen molar-refractivity contribution in [1.82, 2.24) is 0 Å². The topological polar surface area (TPSA) is 38.3 Å². The number of hydrogen-bond acceptors (Lipinski definition) is 2. The van der Waals surface area contributed by atoms with Crippen molar-refractivity contribution < 1.29 is 9.53 Å². The zero-order valence-electron chi connectivity index (χ0n) is 8.03. The zero-order valence-corrected chi connectivity index (χ0v) is 10.3. The van der Waals surface area contributed by atoms with Gasteiger partial charge in [0.2, 0.25) is 5.91 Å². The van der Waals surface area contributed by atoms with E-state index in [-0.39, 0.29) is 26.7 Å². The van der Waals surface area contributed by atoms with E-state index in [1.54, 1.807) is 0 Å². The van der Waals surface area contributed by atoms with Gasteiger partial charge in [-0.15, -0.1) is 0 Å². The molecule has 0 spiro atoms. The van der Waals surface area contributed by atoms with E-state index >= 15 is 0 Å². The molecule has 0 radical (unpaired) electrons. The number of halogens is 3. The fourth-order valence-corrected chi connectivity index (χ4v) is 1.84. The highest BCUT2D eigenvalue weighted by molar-refractivity contribution is 6.46. The molecule has 0 fully saturated rings. The maximum Gasteiger partial charge on any atom is 0.221 e. The second-order valence-electron chi connectivity index (χ2n) is 2.75. The van der Waals surface area contributed by atoms with Crippen LogP contribution in [0.25, 0.3) is 0 Å². The molecule has 0 saturated heterocycles. The number of nitrogens with one attached hydrogen (secondary N) is 1. The molecular weight excluding hydrogens is 260 g/mol. The summed E-state index contributed by atoms with van der Waals surface area (Å²) in [4.78, 5) is 10.9. The number of ether oxygens (including phenoxy) is 1. The van der Waals surface area contributed by atoms with Gasteiger partial charge >= 0.3 is 0 Å². The molecule has 82 valence electrons. The molecule has 1 amide bonds. The van der Waals surface area contributed by atoms with Gasteiger partial charge in [-0.3, -0.25) is 4.79 Å². The van der Waals surface area contributed by atoms with E-state index < -0.39 is 0 Å². The van der Waals surface area contributed by atoms with Gasteiger partial charge < -0.3 is 10.1 Å². The molecule has 0 aliphatic heterocycles. The molecule has 1 rings (SSSR count). The predicted molar refractivity (Wildman–Crippen MR) is 62.3 cm³/mol. The molecular formula is C9H8Cl3NO2. The van der Waals surface area contributed by atoms with Gasteiger partial charge in [0, 0.05) is 6.92 Å². The summed E-state index contributed by atoms with van der Waals surface area (Å²) in [5.41, 5.74) is 0.361. The normalized spacial score (nSPS) is 9.93. The van der Waals surface area contributed by atoms with E-state index in [9.17, 15) is 4.79 Å². The van der Waals surface area contributed by atoms with Crippen molar-refractivity contribution in [2.45, 2.75) is 6.92 Å². The van der Waals surface area contributed by atoms with Crippen molar-refractivity contribution in [1.29, 1.82) is 0 Å². The van der Waals surface area contributed by atoms with Gasteiger partial charge in [-0.1, -0.05) is 34.8 Å². The Kier molecular flexibility index (Phi) is 4.08. The Morgan fingerprint density at radius 3 is 2.40 bits per heavy atom. The minimum absolute atomic E-state index is 0.176. The lowest BCUT2D eigenvalue weighted by atomic mass is 10.3. The third-order valence-corrected chi connectivity index (χ3v) is 2.76. The lowest BCUT2D eigenvalue weighted by molar-refractivity contribution is -0.114. The minimum Gasteiger partial charge on any atom is -0.494 e. The molecule has 0 aliphatic rings. The van der Waals surface area contributed by atoms with Crippen LogP contribution in [0.1, 0.15) is 6.92 Å². The van der Waals surface area contributed by atoms with Crippen LogP contribution >= 0.6 is 34.8 Å².